The molecule has 2 saturated heterocycles. The molecule has 7 heteroatoms. The lowest BCUT2D eigenvalue weighted by atomic mass is 9.98. The third-order valence-corrected chi connectivity index (χ3v) is 7.95. The molecule has 0 bridgehead atoms. The summed E-state index contributed by atoms with van der Waals surface area (Å²) in [4.78, 5) is 24.0. The van der Waals surface area contributed by atoms with Crippen molar-refractivity contribution in [3.63, 3.8) is 0 Å². The van der Waals surface area contributed by atoms with Crippen LogP contribution in [0, 0.1) is 5.92 Å². The van der Waals surface area contributed by atoms with Gasteiger partial charge in [-0.05, 0) is 64.6 Å². The van der Waals surface area contributed by atoms with Crippen LogP contribution in [0.25, 0.3) is 0 Å². The molecule has 0 saturated carbocycles. The first-order valence-corrected chi connectivity index (χ1v) is 14.0. The molecule has 36 heavy (non-hydrogen) atoms. The molecule has 0 spiro atoms. The number of pyridine rings is 1. The molecular formula is C29H36N4O2S. The van der Waals surface area contributed by atoms with Gasteiger partial charge in [0, 0.05) is 70.7 Å². The van der Waals surface area contributed by atoms with E-state index in [1.807, 2.05) is 34.8 Å². The number of benzene rings is 1. The van der Waals surface area contributed by atoms with Crippen LogP contribution in [0.5, 0.6) is 5.75 Å². The van der Waals surface area contributed by atoms with E-state index in [0.29, 0.717) is 18.9 Å². The highest BCUT2D eigenvalue weighted by atomic mass is 32.1. The molecule has 1 unspecified atom stereocenters. The van der Waals surface area contributed by atoms with Gasteiger partial charge in [0.05, 0.1) is 13.0 Å². The number of thiophene rings is 1. The molecule has 1 amide bonds. The topological polar surface area (TPSA) is 48.9 Å². The van der Waals surface area contributed by atoms with Crippen LogP contribution in [0.3, 0.4) is 0 Å². The average molecular weight is 505 g/mol. The molecule has 2 aromatic heterocycles. The summed E-state index contributed by atoms with van der Waals surface area (Å²) in [6.07, 6.45) is 6.48. The molecule has 6 nitrogen and oxygen atoms in total. The number of likely N-dealkylation sites (tertiary alicyclic amines) is 1. The van der Waals surface area contributed by atoms with Crippen LogP contribution < -0.4 is 4.74 Å². The molecule has 0 radical (unpaired) electrons. The van der Waals surface area contributed by atoms with Gasteiger partial charge in [0.15, 0.2) is 0 Å². The van der Waals surface area contributed by atoms with E-state index in [0.717, 1.165) is 76.5 Å². The summed E-state index contributed by atoms with van der Waals surface area (Å²) >= 11 is 1.65. The summed E-state index contributed by atoms with van der Waals surface area (Å²) < 4.78 is 6.13. The highest BCUT2D eigenvalue weighted by molar-refractivity contribution is 7.08. The van der Waals surface area contributed by atoms with Gasteiger partial charge in [0.1, 0.15) is 5.75 Å². The number of piperidine rings is 1. The van der Waals surface area contributed by atoms with Crippen molar-refractivity contribution in [2.75, 3.05) is 45.9 Å². The smallest absolute Gasteiger partial charge is 0.227 e. The maximum atomic E-state index is 12.7. The van der Waals surface area contributed by atoms with Gasteiger partial charge in [0.2, 0.25) is 5.91 Å². The zero-order valence-corrected chi connectivity index (χ0v) is 21.7. The van der Waals surface area contributed by atoms with Crippen molar-refractivity contribution >= 4 is 17.2 Å². The number of hydrogen-bond donors (Lipinski definition) is 0. The fraction of sp³-hybridized carbons (Fsp3) is 0.448. The van der Waals surface area contributed by atoms with Crippen LogP contribution in [0.15, 0.2) is 65.6 Å². The summed E-state index contributed by atoms with van der Waals surface area (Å²) in [5, 5.41) is 4.10. The van der Waals surface area contributed by atoms with E-state index in [-0.39, 0.29) is 5.91 Å². The third kappa shape index (κ3) is 7.15. The monoisotopic (exact) mass is 504 g/mol. The van der Waals surface area contributed by atoms with Crippen molar-refractivity contribution in [1.29, 1.82) is 0 Å². The van der Waals surface area contributed by atoms with Gasteiger partial charge in [-0.1, -0.05) is 18.2 Å². The second-order valence-electron chi connectivity index (χ2n) is 10.0. The van der Waals surface area contributed by atoms with E-state index >= 15 is 0 Å². The van der Waals surface area contributed by atoms with Gasteiger partial charge in [0.25, 0.3) is 0 Å². The predicted molar refractivity (Wildman–Crippen MR) is 144 cm³/mol. The highest BCUT2D eigenvalue weighted by Gasteiger charge is 2.24. The van der Waals surface area contributed by atoms with Gasteiger partial charge in [-0.25, -0.2) is 0 Å². The largest absolute Gasteiger partial charge is 0.493 e. The van der Waals surface area contributed by atoms with Crippen molar-refractivity contribution in [2.24, 2.45) is 5.92 Å². The first-order valence-electron chi connectivity index (χ1n) is 13.1. The first kappa shape index (κ1) is 24.9. The van der Waals surface area contributed by atoms with Crippen LogP contribution in [-0.2, 0) is 24.3 Å². The number of piperazine rings is 1. The molecule has 2 aliphatic heterocycles. The molecule has 1 atom stereocenters. The lowest BCUT2D eigenvalue weighted by molar-refractivity contribution is -0.132. The Hall–Kier alpha value is -2.74. The van der Waals surface area contributed by atoms with Crippen LogP contribution in [0.1, 0.15) is 29.5 Å². The van der Waals surface area contributed by atoms with E-state index in [1.165, 1.54) is 11.1 Å². The number of hydrogen-bond acceptors (Lipinski definition) is 6. The summed E-state index contributed by atoms with van der Waals surface area (Å²) in [6.45, 7) is 8.64. The maximum Gasteiger partial charge on any atom is 0.227 e. The van der Waals surface area contributed by atoms with Crippen LogP contribution in [-0.4, -0.2) is 71.5 Å². The quantitative estimate of drug-likeness (QED) is 0.434. The number of carbonyl (C=O) groups is 1. The zero-order chi connectivity index (χ0) is 24.6. The Balaban J connectivity index is 1.02. The second-order valence-corrected chi connectivity index (χ2v) is 10.8. The minimum Gasteiger partial charge on any atom is -0.493 e. The van der Waals surface area contributed by atoms with Crippen molar-refractivity contribution < 1.29 is 9.53 Å². The highest BCUT2D eigenvalue weighted by Crippen LogP contribution is 2.21. The van der Waals surface area contributed by atoms with E-state index in [2.05, 4.69) is 50.5 Å². The lowest BCUT2D eigenvalue weighted by Crippen LogP contribution is -2.45. The van der Waals surface area contributed by atoms with Gasteiger partial charge in [-0.15, -0.1) is 0 Å². The van der Waals surface area contributed by atoms with Gasteiger partial charge >= 0.3 is 0 Å². The molecule has 2 fully saturated rings. The fourth-order valence-electron chi connectivity index (χ4n) is 5.13. The minimum atomic E-state index is 0.236. The Morgan fingerprint density at radius 3 is 2.42 bits per heavy atom. The number of amides is 1. The van der Waals surface area contributed by atoms with Crippen molar-refractivity contribution in [3.05, 3.63) is 82.3 Å². The Morgan fingerprint density at radius 1 is 0.944 bits per heavy atom. The molecular weight excluding hydrogens is 468 g/mol. The predicted octanol–water partition coefficient (Wildman–Crippen LogP) is 4.32. The number of nitrogens with zero attached hydrogens (tertiary/aromatic N) is 4. The average Bonchev–Trinajstić information content (AvgIpc) is 3.43. The summed E-state index contributed by atoms with van der Waals surface area (Å²) in [6, 6.07) is 14.8. The molecule has 0 N–H and O–H groups in total. The molecule has 0 aliphatic carbocycles. The van der Waals surface area contributed by atoms with Gasteiger partial charge < -0.3 is 9.64 Å². The molecule has 3 aromatic rings. The Kier molecular flexibility index (Phi) is 8.64. The Morgan fingerprint density at radius 2 is 1.72 bits per heavy atom. The number of aromatic nitrogens is 1. The zero-order valence-electron chi connectivity index (χ0n) is 20.9. The molecule has 4 heterocycles. The third-order valence-electron chi connectivity index (χ3n) is 7.22. The summed E-state index contributed by atoms with van der Waals surface area (Å²) in [7, 11) is 0. The normalized spacial score (nSPS) is 19.3. The summed E-state index contributed by atoms with van der Waals surface area (Å²) in [5.41, 5.74) is 3.73. The standard InChI is InChI=1S/C29H36N4O2S/c34-29(17-25-9-16-36-23-25)33-11-2-4-27(21-33)22-35-28-7-5-24(6-8-28)19-31-12-14-32(15-13-31)20-26-3-1-10-30-18-26/h1,3,5-10,16,18,23,27H,2,4,11-15,17,19-22H2. The van der Waals surface area contributed by atoms with Crippen molar-refractivity contribution in [2.45, 2.75) is 32.4 Å². The van der Waals surface area contributed by atoms with Crippen LogP contribution >= 0.6 is 11.3 Å². The van der Waals surface area contributed by atoms with Gasteiger partial charge in [-0.2, -0.15) is 11.3 Å². The van der Waals surface area contributed by atoms with E-state index in [1.54, 1.807) is 11.3 Å². The van der Waals surface area contributed by atoms with E-state index < -0.39 is 0 Å². The number of rotatable bonds is 9. The van der Waals surface area contributed by atoms with E-state index in [9.17, 15) is 4.79 Å². The number of ether oxygens (including phenoxy) is 1. The SMILES string of the molecule is O=C(Cc1ccsc1)N1CCCC(COc2ccc(CN3CCN(Cc4cccnc4)CC3)cc2)C1. The summed E-state index contributed by atoms with van der Waals surface area (Å²) in [5.74, 6) is 1.55. The molecule has 2 aliphatic rings. The van der Waals surface area contributed by atoms with Crippen LogP contribution in [0.2, 0.25) is 0 Å². The van der Waals surface area contributed by atoms with E-state index in [4.69, 9.17) is 4.74 Å². The second kappa shape index (κ2) is 12.5. The molecule has 5 rings (SSSR count). The first-order chi connectivity index (χ1) is 17.7. The van der Waals surface area contributed by atoms with Gasteiger partial charge in [-0.3, -0.25) is 19.6 Å². The van der Waals surface area contributed by atoms with Crippen molar-refractivity contribution in [1.82, 2.24) is 19.7 Å². The van der Waals surface area contributed by atoms with Crippen LogP contribution in [0.4, 0.5) is 0 Å². The van der Waals surface area contributed by atoms with Crippen molar-refractivity contribution in [3.8, 4) is 5.75 Å². The lowest BCUT2D eigenvalue weighted by Gasteiger charge is -2.34. The Bertz CT molecular complexity index is 1070. The fourth-order valence-corrected chi connectivity index (χ4v) is 5.79. The molecule has 1 aromatic carbocycles. The number of carbonyl (C=O) groups excluding carboxylic acids is 1. The Labute approximate surface area is 218 Å². The molecule has 190 valence electrons. The minimum absolute atomic E-state index is 0.236. The maximum absolute atomic E-state index is 12.7.